The highest BCUT2D eigenvalue weighted by Crippen LogP contribution is 2.28. The SMILES string of the molecule is COc1cc(OC)cc(C(=O)c2ccc(Br)cc2Br)c1. The van der Waals surface area contributed by atoms with Gasteiger partial charge in [0.15, 0.2) is 5.78 Å². The molecule has 0 aliphatic carbocycles. The largest absolute Gasteiger partial charge is 0.497 e. The Hall–Kier alpha value is -1.33. The predicted molar refractivity (Wildman–Crippen MR) is 84.8 cm³/mol. The highest BCUT2D eigenvalue weighted by atomic mass is 79.9. The number of carbonyl (C=O) groups excluding carboxylic acids is 1. The van der Waals surface area contributed by atoms with Crippen LogP contribution in [0.3, 0.4) is 0 Å². The number of halogens is 2. The third kappa shape index (κ3) is 3.22. The summed E-state index contributed by atoms with van der Waals surface area (Å²) in [7, 11) is 3.11. The molecule has 2 aromatic rings. The van der Waals surface area contributed by atoms with E-state index in [1.165, 1.54) is 0 Å². The van der Waals surface area contributed by atoms with Gasteiger partial charge in [0.2, 0.25) is 0 Å². The van der Waals surface area contributed by atoms with Gasteiger partial charge in [-0.2, -0.15) is 0 Å². The number of carbonyl (C=O) groups is 1. The van der Waals surface area contributed by atoms with E-state index >= 15 is 0 Å². The Bertz CT molecular complexity index is 631. The maximum absolute atomic E-state index is 12.6. The molecular weight excluding hydrogens is 388 g/mol. The van der Waals surface area contributed by atoms with E-state index in [4.69, 9.17) is 9.47 Å². The molecule has 0 spiro atoms. The van der Waals surface area contributed by atoms with Crippen molar-refractivity contribution in [2.75, 3.05) is 14.2 Å². The van der Waals surface area contributed by atoms with Crippen molar-refractivity contribution in [3.63, 3.8) is 0 Å². The van der Waals surface area contributed by atoms with Crippen molar-refractivity contribution in [2.45, 2.75) is 0 Å². The van der Waals surface area contributed by atoms with E-state index in [0.29, 0.717) is 22.6 Å². The molecule has 0 atom stereocenters. The first kappa shape index (κ1) is 15.1. The van der Waals surface area contributed by atoms with Crippen LogP contribution < -0.4 is 9.47 Å². The summed E-state index contributed by atoms with van der Waals surface area (Å²) in [5, 5.41) is 0. The lowest BCUT2D eigenvalue weighted by Gasteiger charge is -2.09. The van der Waals surface area contributed by atoms with Gasteiger partial charge in [0.1, 0.15) is 11.5 Å². The molecule has 0 N–H and O–H groups in total. The normalized spacial score (nSPS) is 10.2. The van der Waals surface area contributed by atoms with E-state index in [0.717, 1.165) is 8.95 Å². The summed E-state index contributed by atoms with van der Waals surface area (Å²) in [4.78, 5) is 12.6. The van der Waals surface area contributed by atoms with Crippen molar-refractivity contribution in [1.82, 2.24) is 0 Å². The highest BCUT2D eigenvalue weighted by Gasteiger charge is 2.15. The molecule has 20 heavy (non-hydrogen) atoms. The Morgan fingerprint density at radius 3 is 2.05 bits per heavy atom. The number of hydrogen-bond acceptors (Lipinski definition) is 3. The molecule has 0 fully saturated rings. The lowest BCUT2D eigenvalue weighted by molar-refractivity contribution is 0.103. The zero-order chi connectivity index (χ0) is 14.7. The average Bonchev–Trinajstić information content (AvgIpc) is 2.46. The Kier molecular flexibility index (Phi) is 4.83. The third-order valence-electron chi connectivity index (χ3n) is 2.79. The van der Waals surface area contributed by atoms with E-state index in [9.17, 15) is 4.79 Å². The molecular formula is C15H12Br2O3. The summed E-state index contributed by atoms with van der Waals surface area (Å²) in [6.45, 7) is 0. The molecule has 0 saturated heterocycles. The van der Waals surface area contributed by atoms with Gasteiger partial charge >= 0.3 is 0 Å². The minimum absolute atomic E-state index is 0.0958. The second-order valence-electron chi connectivity index (χ2n) is 4.05. The summed E-state index contributed by atoms with van der Waals surface area (Å²) in [6.07, 6.45) is 0. The number of ketones is 1. The smallest absolute Gasteiger partial charge is 0.194 e. The molecule has 104 valence electrons. The van der Waals surface area contributed by atoms with E-state index < -0.39 is 0 Å². The zero-order valence-electron chi connectivity index (χ0n) is 10.9. The van der Waals surface area contributed by atoms with Crippen molar-refractivity contribution in [1.29, 1.82) is 0 Å². The van der Waals surface area contributed by atoms with Crippen LogP contribution in [-0.4, -0.2) is 20.0 Å². The minimum atomic E-state index is -0.0958. The maximum Gasteiger partial charge on any atom is 0.194 e. The minimum Gasteiger partial charge on any atom is -0.497 e. The molecule has 5 heteroatoms. The van der Waals surface area contributed by atoms with Gasteiger partial charge in [-0.1, -0.05) is 15.9 Å². The Morgan fingerprint density at radius 2 is 1.55 bits per heavy atom. The number of benzene rings is 2. The van der Waals surface area contributed by atoms with Gasteiger partial charge in [0, 0.05) is 26.1 Å². The van der Waals surface area contributed by atoms with Crippen LogP contribution in [0.2, 0.25) is 0 Å². The number of methoxy groups -OCH3 is 2. The van der Waals surface area contributed by atoms with E-state index in [2.05, 4.69) is 31.9 Å². The molecule has 0 radical (unpaired) electrons. The summed E-state index contributed by atoms with van der Waals surface area (Å²) >= 11 is 6.77. The van der Waals surface area contributed by atoms with Gasteiger partial charge in [-0.25, -0.2) is 0 Å². The summed E-state index contributed by atoms with van der Waals surface area (Å²) in [6, 6.07) is 10.6. The Balaban J connectivity index is 2.47. The van der Waals surface area contributed by atoms with Crippen LogP contribution in [0.15, 0.2) is 45.3 Å². The fourth-order valence-electron chi connectivity index (χ4n) is 1.77. The zero-order valence-corrected chi connectivity index (χ0v) is 14.1. The number of rotatable bonds is 4. The molecule has 2 rings (SSSR count). The van der Waals surface area contributed by atoms with Crippen molar-refractivity contribution in [3.05, 3.63) is 56.5 Å². The molecule has 0 heterocycles. The van der Waals surface area contributed by atoms with Gasteiger partial charge in [0.05, 0.1) is 14.2 Å². The van der Waals surface area contributed by atoms with Crippen LogP contribution in [-0.2, 0) is 0 Å². The first-order valence-corrected chi connectivity index (χ1v) is 7.36. The van der Waals surface area contributed by atoms with E-state index in [1.807, 2.05) is 12.1 Å². The fourth-order valence-corrected chi connectivity index (χ4v) is 2.99. The van der Waals surface area contributed by atoms with Crippen LogP contribution in [0.4, 0.5) is 0 Å². The third-order valence-corrected chi connectivity index (χ3v) is 3.94. The lowest BCUT2D eigenvalue weighted by Crippen LogP contribution is -2.03. The van der Waals surface area contributed by atoms with Crippen molar-refractivity contribution in [2.24, 2.45) is 0 Å². The van der Waals surface area contributed by atoms with Gasteiger partial charge in [-0.3, -0.25) is 4.79 Å². The van der Waals surface area contributed by atoms with Crippen molar-refractivity contribution in [3.8, 4) is 11.5 Å². The highest BCUT2D eigenvalue weighted by molar-refractivity contribution is 9.11. The van der Waals surface area contributed by atoms with E-state index in [1.54, 1.807) is 38.5 Å². The maximum atomic E-state index is 12.6. The summed E-state index contributed by atoms with van der Waals surface area (Å²) < 4.78 is 12.0. The molecule has 0 aliphatic rings. The Morgan fingerprint density at radius 1 is 0.950 bits per heavy atom. The van der Waals surface area contributed by atoms with Crippen LogP contribution in [0.1, 0.15) is 15.9 Å². The molecule has 0 aliphatic heterocycles. The topological polar surface area (TPSA) is 35.5 Å². The molecule has 2 aromatic carbocycles. The lowest BCUT2D eigenvalue weighted by atomic mass is 10.0. The molecule has 0 aromatic heterocycles. The second-order valence-corrected chi connectivity index (χ2v) is 5.82. The Labute approximate surface area is 134 Å². The fraction of sp³-hybridized carbons (Fsp3) is 0.133. The second kappa shape index (κ2) is 6.41. The first-order valence-electron chi connectivity index (χ1n) is 5.78. The summed E-state index contributed by atoms with van der Waals surface area (Å²) in [5.41, 5.74) is 1.10. The first-order chi connectivity index (χ1) is 9.55. The molecule has 0 saturated carbocycles. The quantitative estimate of drug-likeness (QED) is 0.712. The van der Waals surface area contributed by atoms with Crippen molar-refractivity contribution >= 4 is 37.6 Å². The van der Waals surface area contributed by atoms with Gasteiger partial charge in [-0.05, 0) is 46.3 Å². The van der Waals surface area contributed by atoms with Gasteiger partial charge < -0.3 is 9.47 Å². The van der Waals surface area contributed by atoms with Gasteiger partial charge in [0.25, 0.3) is 0 Å². The number of ether oxygens (including phenoxy) is 2. The summed E-state index contributed by atoms with van der Waals surface area (Å²) in [5.74, 6) is 1.07. The molecule has 3 nitrogen and oxygen atoms in total. The van der Waals surface area contributed by atoms with Crippen molar-refractivity contribution < 1.29 is 14.3 Å². The van der Waals surface area contributed by atoms with Gasteiger partial charge in [-0.15, -0.1) is 0 Å². The molecule has 0 unspecified atom stereocenters. The van der Waals surface area contributed by atoms with Crippen LogP contribution in [0, 0.1) is 0 Å². The van der Waals surface area contributed by atoms with E-state index in [-0.39, 0.29) is 5.78 Å². The molecule has 0 bridgehead atoms. The number of hydrogen-bond donors (Lipinski definition) is 0. The molecule has 0 amide bonds. The van der Waals surface area contributed by atoms with Crippen LogP contribution in [0.25, 0.3) is 0 Å². The average molecular weight is 400 g/mol. The van der Waals surface area contributed by atoms with Crippen LogP contribution in [0.5, 0.6) is 11.5 Å². The predicted octanol–water partition coefficient (Wildman–Crippen LogP) is 4.46. The monoisotopic (exact) mass is 398 g/mol. The van der Waals surface area contributed by atoms with Crippen LogP contribution >= 0.6 is 31.9 Å². The standard InChI is InChI=1S/C15H12Br2O3/c1-19-11-5-9(6-12(8-11)20-2)15(18)13-4-3-10(16)7-14(13)17/h3-8H,1-2H3.